The standard InChI is InChI=1S/C11H15N3O4/c1-10(2,3)18-9(17)14-11(6-12)5-4-7(15)13-8(11)16/h4-5H2,1-3H3,(H,14,17)(H,13,15,16). The molecule has 0 radical (unpaired) electrons. The van der Waals surface area contributed by atoms with Gasteiger partial charge >= 0.3 is 6.09 Å². The number of carbonyl (C=O) groups is 3. The Balaban J connectivity index is 2.79. The van der Waals surface area contributed by atoms with Gasteiger partial charge in [0.2, 0.25) is 11.4 Å². The molecule has 98 valence electrons. The van der Waals surface area contributed by atoms with Crippen molar-refractivity contribution >= 4 is 17.9 Å². The first-order valence-corrected chi connectivity index (χ1v) is 5.45. The molecular weight excluding hydrogens is 238 g/mol. The third-order valence-corrected chi connectivity index (χ3v) is 2.27. The minimum absolute atomic E-state index is 0.00486. The number of nitriles is 1. The Morgan fingerprint density at radius 1 is 1.50 bits per heavy atom. The van der Waals surface area contributed by atoms with E-state index < -0.39 is 29.0 Å². The molecular formula is C11H15N3O4. The van der Waals surface area contributed by atoms with E-state index in [0.717, 1.165) is 0 Å². The molecule has 0 aliphatic carbocycles. The number of amides is 3. The van der Waals surface area contributed by atoms with Crippen LogP contribution in [0.2, 0.25) is 0 Å². The lowest BCUT2D eigenvalue weighted by molar-refractivity contribution is -0.136. The topological polar surface area (TPSA) is 108 Å². The second kappa shape index (κ2) is 4.64. The number of rotatable bonds is 1. The third-order valence-electron chi connectivity index (χ3n) is 2.27. The zero-order valence-corrected chi connectivity index (χ0v) is 10.5. The Morgan fingerprint density at radius 3 is 2.56 bits per heavy atom. The molecule has 1 saturated heterocycles. The van der Waals surface area contributed by atoms with E-state index in [4.69, 9.17) is 10.00 Å². The van der Waals surface area contributed by atoms with Gasteiger partial charge in [0, 0.05) is 12.8 Å². The van der Waals surface area contributed by atoms with Crippen molar-refractivity contribution in [1.82, 2.24) is 10.6 Å². The predicted octanol–water partition coefficient (Wildman–Crippen LogP) is 0.210. The van der Waals surface area contributed by atoms with Crippen LogP contribution in [0.3, 0.4) is 0 Å². The van der Waals surface area contributed by atoms with Crippen LogP contribution in [-0.2, 0) is 14.3 Å². The van der Waals surface area contributed by atoms with Crippen molar-refractivity contribution < 1.29 is 19.1 Å². The van der Waals surface area contributed by atoms with Gasteiger partial charge in [0.25, 0.3) is 5.91 Å². The van der Waals surface area contributed by atoms with Gasteiger partial charge in [-0.05, 0) is 20.8 Å². The first kappa shape index (κ1) is 14.0. The monoisotopic (exact) mass is 253 g/mol. The van der Waals surface area contributed by atoms with Crippen molar-refractivity contribution in [3.63, 3.8) is 0 Å². The normalized spacial score (nSPS) is 23.9. The number of hydrogen-bond donors (Lipinski definition) is 2. The molecule has 0 aromatic carbocycles. The van der Waals surface area contributed by atoms with Gasteiger partial charge in [-0.2, -0.15) is 5.26 Å². The lowest BCUT2D eigenvalue weighted by Crippen LogP contribution is -2.62. The van der Waals surface area contributed by atoms with Gasteiger partial charge in [-0.25, -0.2) is 4.79 Å². The summed E-state index contributed by atoms with van der Waals surface area (Å²) in [5, 5.41) is 13.3. The highest BCUT2D eigenvalue weighted by atomic mass is 16.6. The van der Waals surface area contributed by atoms with E-state index in [1.54, 1.807) is 26.8 Å². The molecule has 1 unspecified atom stereocenters. The molecule has 1 rings (SSSR count). The fraction of sp³-hybridized carbons (Fsp3) is 0.636. The van der Waals surface area contributed by atoms with Gasteiger partial charge in [0.1, 0.15) is 11.7 Å². The molecule has 1 aliphatic heterocycles. The predicted molar refractivity (Wildman–Crippen MR) is 60.1 cm³/mol. The molecule has 7 nitrogen and oxygen atoms in total. The van der Waals surface area contributed by atoms with E-state index in [1.807, 2.05) is 5.32 Å². The minimum atomic E-state index is -1.74. The molecule has 3 amide bonds. The molecule has 1 heterocycles. The van der Waals surface area contributed by atoms with Crippen LogP contribution in [0.1, 0.15) is 33.6 Å². The number of hydrogen-bond acceptors (Lipinski definition) is 5. The molecule has 0 saturated carbocycles. The maximum absolute atomic E-state index is 11.6. The number of ether oxygens (including phenoxy) is 1. The summed E-state index contributed by atoms with van der Waals surface area (Å²) >= 11 is 0. The molecule has 2 N–H and O–H groups in total. The van der Waals surface area contributed by atoms with E-state index in [-0.39, 0.29) is 12.8 Å². The van der Waals surface area contributed by atoms with Crippen molar-refractivity contribution in [1.29, 1.82) is 5.26 Å². The van der Waals surface area contributed by atoms with Gasteiger partial charge in [-0.1, -0.05) is 0 Å². The first-order valence-electron chi connectivity index (χ1n) is 5.45. The summed E-state index contributed by atoms with van der Waals surface area (Å²) in [7, 11) is 0. The van der Waals surface area contributed by atoms with E-state index >= 15 is 0 Å². The first-order chi connectivity index (χ1) is 8.18. The molecule has 1 atom stereocenters. The summed E-state index contributed by atoms with van der Waals surface area (Å²) in [5.41, 5.74) is -2.47. The van der Waals surface area contributed by atoms with Gasteiger partial charge < -0.3 is 4.74 Å². The van der Waals surface area contributed by atoms with E-state index in [0.29, 0.717) is 0 Å². The van der Waals surface area contributed by atoms with E-state index in [2.05, 4.69) is 5.32 Å². The fourth-order valence-corrected chi connectivity index (χ4v) is 1.44. The molecule has 7 heteroatoms. The second-order valence-electron chi connectivity index (χ2n) is 5.02. The Kier molecular flexibility index (Phi) is 3.60. The molecule has 1 aliphatic rings. The number of piperidine rings is 1. The number of carbonyl (C=O) groups excluding carboxylic acids is 3. The minimum Gasteiger partial charge on any atom is -0.444 e. The zero-order chi connectivity index (χ0) is 14.0. The Labute approximate surface area is 104 Å². The second-order valence-corrected chi connectivity index (χ2v) is 5.02. The Hall–Kier alpha value is -2.10. The average Bonchev–Trinajstić information content (AvgIpc) is 2.20. The quantitative estimate of drug-likeness (QED) is 0.649. The summed E-state index contributed by atoms with van der Waals surface area (Å²) < 4.78 is 4.98. The van der Waals surface area contributed by atoms with E-state index in [9.17, 15) is 14.4 Å². The average molecular weight is 253 g/mol. The smallest absolute Gasteiger partial charge is 0.409 e. The van der Waals surface area contributed by atoms with E-state index in [1.165, 1.54) is 0 Å². The lowest BCUT2D eigenvalue weighted by atomic mass is 9.90. The van der Waals surface area contributed by atoms with Crippen molar-refractivity contribution in [2.24, 2.45) is 0 Å². The number of nitrogens with zero attached hydrogens (tertiary/aromatic N) is 1. The summed E-state index contributed by atoms with van der Waals surface area (Å²) in [6.45, 7) is 4.99. The molecule has 18 heavy (non-hydrogen) atoms. The van der Waals surface area contributed by atoms with Crippen LogP contribution in [0.5, 0.6) is 0 Å². The highest BCUT2D eigenvalue weighted by Gasteiger charge is 2.45. The Morgan fingerprint density at radius 2 is 2.11 bits per heavy atom. The summed E-state index contributed by atoms with van der Waals surface area (Å²) in [5.74, 6) is -1.29. The van der Waals surface area contributed by atoms with Crippen LogP contribution < -0.4 is 10.6 Å². The summed E-state index contributed by atoms with van der Waals surface area (Å²) in [6.07, 6.45) is -0.934. The van der Waals surface area contributed by atoms with Crippen molar-refractivity contribution in [3.8, 4) is 6.07 Å². The van der Waals surface area contributed by atoms with Crippen LogP contribution in [0.25, 0.3) is 0 Å². The van der Waals surface area contributed by atoms with Crippen molar-refractivity contribution in [2.45, 2.75) is 44.8 Å². The molecule has 1 fully saturated rings. The molecule has 0 bridgehead atoms. The summed E-state index contributed by atoms with van der Waals surface area (Å²) in [6, 6.07) is 1.73. The molecule has 0 spiro atoms. The summed E-state index contributed by atoms with van der Waals surface area (Å²) in [4.78, 5) is 34.2. The Bertz CT molecular complexity index is 433. The lowest BCUT2D eigenvalue weighted by Gasteiger charge is -2.30. The highest BCUT2D eigenvalue weighted by Crippen LogP contribution is 2.18. The van der Waals surface area contributed by atoms with Crippen LogP contribution in [0.15, 0.2) is 0 Å². The van der Waals surface area contributed by atoms with Gasteiger partial charge in [0.15, 0.2) is 0 Å². The van der Waals surface area contributed by atoms with Gasteiger partial charge in [-0.3, -0.25) is 20.2 Å². The molecule has 0 aromatic heterocycles. The fourth-order valence-electron chi connectivity index (χ4n) is 1.44. The van der Waals surface area contributed by atoms with Crippen LogP contribution in [0, 0.1) is 11.3 Å². The van der Waals surface area contributed by atoms with Crippen molar-refractivity contribution in [2.75, 3.05) is 0 Å². The third kappa shape index (κ3) is 3.20. The van der Waals surface area contributed by atoms with Gasteiger partial charge in [-0.15, -0.1) is 0 Å². The van der Waals surface area contributed by atoms with Crippen LogP contribution in [0.4, 0.5) is 4.79 Å². The van der Waals surface area contributed by atoms with Crippen LogP contribution >= 0.6 is 0 Å². The maximum atomic E-state index is 11.6. The number of alkyl carbamates (subject to hydrolysis) is 1. The number of imide groups is 1. The number of nitrogens with one attached hydrogen (secondary N) is 2. The van der Waals surface area contributed by atoms with Gasteiger partial charge in [0.05, 0.1) is 0 Å². The zero-order valence-electron chi connectivity index (χ0n) is 10.5. The highest BCUT2D eigenvalue weighted by molar-refractivity contribution is 6.05. The van der Waals surface area contributed by atoms with Crippen LogP contribution in [-0.4, -0.2) is 29.0 Å². The molecule has 0 aromatic rings. The maximum Gasteiger partial charge on any atom is 0.409 e. The van der Waals surface area contributed by atoms with Crippen molar-refractivity contribution in [3.05, 3.63) is 0 Å². The SMILES string of the molecule is CC(C)(C)OC(=O)NC1(C#N)CCC(=O)NC1=O. The largest absolute Gasteiger partial charge is 0.444 e.